The van der Waals surface area contributed by atoms with Crippen LogP contribution in [0.25, 0.3) is 0 Å². The van der Waals surface area contributed by atoms with Crippen LogP contribution >= 0.6 is 0 Å². The van der Waals surface area contributed by atoms with Crippen molar-refractivity contribution in [3.8, 4) is 0 Å². The summed E-state index contributed by atoms with van der Waals surface area (Å²) in [7, 11) is 0. The first-order chi connectivity index (χ1) is 17.4. The Morgan fingerprint density at radius 1 is 0.944 bits per heavy atom. The molecular formula is C27H36N6O3. The summed E-state index contributed by atoms with van der Waals surface area (Å²) in [4.78, 5) is 46.2. The summed E-state index contributed by atoms with van der Waals surface area (Å²) in [5, 5.41) is 2.83. The van der Waals surface area contributed by atoms with Gasteiger partial charge in [0.25, 0.3) is 0 Å². The first-order valence-electron chi connectivity index (χ1n) is 12.4. The van der Waals surface area contributed by atoms with Gasteiger partial charge in [0, 0.05) is 26.1 Å². The molecule has 1 aliphatic rings. The molecule has 9 heteroatoms. The van der Waals surface area contributed by atoms with E-state index in [1.54, 1.807) is 4.90 Å². The predicted octanol–water partition coefficient (Wildman–Crippen LogP) is 1.07. The van der Waals surface area contributed by atoms with Crippen LogP contribution in [-0.4, -0.2) is 72.2 Å². The van der Waals surface area contributed by atoms with Crippen LogP contribution in [0, 0.1) is 0 Å². The molecule has 1 saturated heterocycles. The number of aryl methyl sites for hydroxylation is 1. The zero-order valence-electron chi connectivity index (χ0n) is 20.6. The average Bonchev–Trinajstić information content (AvgIpc) is 2.87. The van der Waals surface area contributed by atoms with Crippen LogP contribution in [0.15, 0.2) is 65.7 Å². The number of nitrogens with one attached hydrogen (secondary N) is 1. The summed E-state index contributed by atoms with van der Waals surface area (Å²) < 4.78 is 0. The van der Waals surface area contributed by atoms with E-state index in [2.05, 4.69) is 22.4 Å². The first kappa shape index (κ1) is 26.7. The maximum Gasteiger partial charge on any atom is 0.246 e. The summed E-state index contributed by atoms with van der Waals surface area (Å²) in [6, 6.07) is 18.9. The number of nitrogens with two attached hydrogens (primary N) is 2. The maximum atomic E-state index is 13.5. The Hall–Kier alpha value is -3.88. The fourth-order valence-electron chi connectivity index (χ4n) is 4.27. The molecule has 1 heterocycles. The Morgan fingerprint density at radius 3 is 2.28 bits per heavy atom. The van der Waals surface area contributed by atoms with Crippen molar-refractivity contribution >= 4 is 23.7 Å². The summed E-state index contributed by atoms with van der Waals surface area (Å²) in [6.07, 6.45) is 3.40. The van der Waals surface area contributed by atoms with E-state index in [0.29, 0.717) is 32.5 Å². The molecule has 36 heavy (non-hydrogen) atoms. The van der Waals surface area contributed by atoms with Crippen molar-refractivity contribution in [1.29, 1.82) is 0 Å². The van der Waals surface area contributed by atoms with Gasteiger partial charge in [-0.1, -0.05) is 60.7 Å². The van der Waals surface area contributed by atoms with Gasteiger partial charge in [-0.3, -0.25) is 19.4 Å². The standard InChI is InChI=1S/C27H36N6O3/c28-27(29)31-16-8-7-15-30-24(34)19-33-23(18-22-12-5-2-6-13-22)26(36)32(20-25(33)35)17-9-14-21-10-3-1-4-11-21/h1-6,10-13,23H,7-9,14-20H2,(H,30,34)(H4,28,29,31)/t23-/m1/s1. The van der Waals surface area contributed by atoms with Crippen molar-refractivity contribution < 1.29 is 14.4 Å². The summed E-state index contributed by atoms with van der Waals surface area (Å²) >= 11 is 0. The maximum absolute atomic E-state index is 13.5. The van der Waals surface area contributed by atoms with Gasteiger partial charge in [0.1, 0.15) is 12.6 Å². The van der Waals surface area contributed by atoms with Gasteiger partial charge in [0.15, 0.2) is 5.96 Å². The smallest absolute Gasteiger partial charge is 0.246 e. The van der Waals surface area contributed by atoms with Crippen LogP contribution in [0.4, 0.5) is 0 Å². The molecule has 0 unspecified atom stereocenters. The van der Waals surface area contributed by atoms with E-state index in [1.165, 1.54) is 10.5 Å². The number of rotatable bonds is 13. The van der Waals surface area contributed by atoms with E-state index in [1.807, 2.05) is 48.5 Å². The van der Waals surface area contributed by atoms with Crippen LogP contribution < -0.4 is 16.8 Å². The van der Waals surface area contributed by atoms with E-state index in [-0.39, 0.29) is 36.8 Å². The average molecular weight is 493 g/mol. The third kappa shape index (κ3) is 8.41. The molecule has 192 valence electrons. The van der Waals surface area contributed by atoms with E-state index >= 15 is 0 Å². The topological polar surface area (TPSA) is 134 Å². The van der Waals surface area contributed by atoms with Crippen molar-refractivity contribution in [1.82, 2.24) is 15.1 Å². The molecular weight excluding hydrogens is 456 g/mol. The molecule has 2 aromatic carbocycles. The van der Waals surface area contributed by atoms with Gasteiger partial charge < -0.3 is 26.6 Å². The van der Waals surface area contributed by atoms with Crippen LogP contribution in [0.3, 0.4) is 0 Å². The van der Waals surface area contributed by atoms with Crippen LogP contribution in [-0.2, 0) is 27.2 Å². The molecule has 1 atom stereocenters. The minimum atomic E-state index is -0.710. The highest BCUT2D eigenvalue weighted by molar-refractivity contribution is 5.97. The lowest BCUT2D eigenvalue weighted by Crippen LogP contribution is -2.62. The number of unbranched alkanes of at least 4 members (excludes halogenated alkanes) is 1. The normalized spacial score (nSPS) is 15.6. The van der Waals surface area contributed by atoms with Gasteiger partial charge >= 0.3 is 0 Å². The molecule has 1 aliphatic heterocycles. The largest absolute Gasteiger partial charge is 0.370 e. The highest BCUT2D eigenvalue weighted by atomic mass is 16.2. The molecule has 5 N–H and O–H groups in total. The zero-order valence-corrected chi connectivity index (χ0v) is 20.6. The molecule has 1 fully saturated rings. The molecule has 3 rings (SSSR count). The van der Waals surface area contributed by atoms with Gasteiger partial charge in [0.2, 0.25) is 17.7 Å². The van der Waals surface area contributed by atoms with Crippen molar-refractivity contribution in [3.05, 3.63) is 71.8 Å². The number of benzene rings is 2. The van der Waals surface area contributed by atoms with Crippen LogP contribution in [0.2, 0.25) is 0 Å². The number of hydrogen-bond acceptors (Lipinski definition) is 4. The number of aliphatic imine (C=N–C) groups is 1. The lowest BCUT2D eigenvalue weighted by molar-refractivity contribution is -0.157. The Labute approximate surface area is 212 Å². The van der Waals surface area contributed by atoms with Crippen molar-refractivity contribution in [2.75, 3.05) is 32.7 Å². The van der Waals surface area contributed by atoms with Crippen LogP contribution in [0.1, 0.15) is 30.4 Å². The zero-order chi connectivity index (χ0) is 25.8. The Bertz CT molecular complexity index is 1020. The second kappa shape index (κ2) is 13.9. The van der Waals surface area contributed by atoms with Crippen LogP contribution in [0.5, 0.6) is 0 Å². The first-order valence-corrected chi connectivity index (χ1v) is 12.4. The van der Waals surface area contributed by atoms with Crippen molar-refractivity contribution in [3.63, 3.8) is 0 Å². The predicted molar refractivity (Wildman–Crippen MR) is 140 cm³/mol. The number of piperazine rings is 1. The van der Waals surface area contributed by atoms with Gasteiger partial charge in [-0.25, -0.2) is 0 Å². The quantitative estimate of drug-likeness (QED) is 0.218. The highest BCUT2D eigenvalue weighted by Gasteiger charge is 2.39. The third-order valence-electron chi connectivity index (χ3n) is 6.14. The Kier molecular flexibility index (Phi) is 10.3. The molecule has 0 aliphatic carbocycles. The van der Waals surface area contributed by atoms with Crippen molar-refractivity contribution in [2.45, 2.75) is 38.1 Å². The number of carbonyl (C=O) groups is 3. The summed E-state index contributed by atoms with van der Waals surface area (Å²) in [6.45, 7) is 1.29. The Morgan fingerprint density at radius 2 is 1.61 bits per heavy atom. The molecule has 3 amide bonds. The van der Waals surface area contributed by atoms with E-state index in [4.69, 9.17) is 11.5 Å². The second-order valence-corrected chi connectivity index (χ2v) is 8.94. The molecule has 0 saturated carbocycles. The lowest BCUT2D eigenvalue weighted by atomic mass is 10.00. The fourth-order valence-corrected chi connectivity index (χ4v) is 4.27. The monoisotopic (exact) mass is 492 g/mol. The number of guanidine groups is 1. The molecule has 2 aromatic rings. The highest BCUT2D eigenvalue weighted by Crippen LogP contribution is 2.18. The summed E-state index contributed by atoms with van der Waals surface area (Å²) in [5.41, 5.74) is 12.8. The number of amides is 3. The molecule has 0 bridgehead atoms. The molecule has 0 aromatic heterocycles. The van der Waals surface area contributed by atoms with E-state index < -0.39 is 6.04 Å². The van der Waals surface area contributed by atoms with Gasteiger partial charge in [0.05, 0.1) is 6.54 Å². The Balaban J connectivity index is 1.59. The minimum absolute atomic E-state index is 0.00922. The lowest BCUT2D eigenvalue weighted by Gasteiger charge is -2.40. The third-order valence-corrected chi connectivity index (χ3v) is 6.14. The summed E-state index contributed by atoms with van der Waals surface area (Å²) in [5.74, 6) is -0.561. The number of hydrogen-bond donors (Lipinski definition) is 3. The van der Waals surface area contributed by atoms with Gasteiger partial charge in [-0.2, -0.15) is 0 Å². The van der Waals surface area contributed by atoms with E-state index in [9.17, 15) is 14.4 Å². The fraction of sp³-hybridized carbons (Fsp3) is 0.407. The van der Waals surface area contributed by atoms with Crippen molar-refractivity contribution in [2.24, 2.45) is 16.5 Å². The SMILES string of the molecule is NC(N)=NCCCCNC(=O)CN1C(=O)CN(CCCc2ccccc2)C(=O)[C@H]1Cc1ccccc1. The number of carbonyl (C=O) groups excluding carboxylic acids is 3. The minimum Gasteiger partial charge on any atom is -0.370 e. The molecule has 0 radical (unpaired) electrons. The van der Waals surface area contributed by atoms with Gasteiger partial charge in [-0.05, 0) is 36.8 Å². The molecule has 9 nitrogen and oxygen atoms in total. The second-order valence-electron chi connectivity index (χ2n) is 8.94. The van der Waals surface area contributed by atoms with E-state index in [0.717, 1.165) is 24.8 Å². The molecule has 0 spiro atoms. The van der Waals surface area contributed by atoms with Gasteiger partial charge in [-0.15, -0.1) is 0 Å². The number of nitrogens with zero attached hydrogens (tertiary/aromatic N) is 3.